The minimum absolute atomic E-state index is 0.0868. The maximum atomic E-state index is 13.8. The molecule has 34 heavy (non-hydrogen) atoms. The van der Waals surface area contributed by atoms with Crippen LogP contribution in [-0.2, 0) is 0 Å². The van der Waals surface area contributed by atoms with Crippen molar-refractivity contribution in [3.63, 3.8) is 0 Å². The van der Waals surface area contributed by atoms with Gasteiger partial charge in [-0.15, -0.1) is 0 Å². The number of benzene rings is 2. The first kappa shape index (κ1) is 24.3. The molecule has 0 aliphatic rings. The normalized spacial score (nSPS) is 12.4. The first-order valence-corrected chi connectivity index (χ1v) is 10.3. The van der Waals surface area contributed by atoms with Gasteiger partial charge in [0.05, 0.1) is 22.7 Å². The summed E-state index contributed by atoms with van der Waals surface area (Å²) in [4.78, 5) is 23.7. The van der Waals surface area contributed by atoms with Gasteiger partial charge in [-0.25, -0.2) is 28.5 Å². The van der Waals surface area contributed by atoms with Gasteiger partial charge in [0, 0.05) is 18.0 Å². The van der Waals surface area contributed by atoms with Crippen molar-refractivity contribution < 1.29 is 18.6 Å². The molecule has 2 amide bonds. The SMILES string of the molecule is CC(C)(C)[NH+]=CC(=C(N)c1ccnc(N)n1)c1cccc(NC(=O)Nc2ccc(F)cc2F)c1. The number of rotatable bonds is 5. The van der Waals surface area contributed by atoms with Gasteiger partial charge in [-0.1, -0.05) is 12.1 Å². The van der Waals surface area contributed by atoms with Crippen LogP contribution in [0, 0.1) is 11.6 Å². The molecule has 0 aliphatic heterocycles. The van der Waals surface area contributed by atoms with Crippen molar-refractivity contribution in [2.45, 2.75) is 26.3 Å². The lowest BCUT2D eigenvalue weighted by Gasteiger charge is -2.12. The molecular formula is C24H26F2N7O+. The second kappa shape index (κ2) is 10.1. The molecule has 1 aromatic heterocycles. The molecule has 0 atom stereocenters. The second-order valence-corrected chi connectivity index (χ2v) is 8.45. The number of nitrogen functional groups attached to an aromatic ring is 1. The maximum absolute atomic E-state index is 13.8. The molecule has 176 valence electrons. The van der Waals surface area contributed by atoms with E-state index in [1.165, 1.54) is 6.20 Å². The molecule has 2 aromatic carbocycles. The van der Waals surface area contributed by atoms with E-state index < -0.39 is 17.7 Å². The van der Waals surface area contributed by atoms with Crippen molar-refractivity contribution in [3.8, 4) is 0 Å². The monoisotopic (exact) mass is 466 g/mol. The summed E-state index contributed by atoms with van der Waals surface area (Å²) in [5.41, 5.74) is 14.3. The quantitative estimate of drug-likeness (QED) is 0.369. The Labute approximate surface area is 195 Å². The Morgan fingerprint density at radius 2 is 1.85 bits per heavy atom. The Morgan fingerprint density at radius 3 is 2.53 bits per heavy atom. The largest absolute Gasteiger partial charge is 0.396 e. The number of halogens is 2. The lowest BCUT2D eigenvalue weighted by molar-refractivity contribution is -0.533. The summed E-state index contributed by atoms with van der Waals surface area (Å²) in [5, 5.41) is 4.99. The molecule has 0 saturated carbocycles. The van der Waals surface area contributed by atoms with Crippen molar-refractivity contribution in [1.29, 1.82) is 0 Å². The number of carbonyl (C=O) groups excluding carboxylic acids is 1. The average molecular weight is 467 g/mol. The lowest BCUT2D eigenvalue weighted by Crippen LogP contribution is -2.81. The van der Waals surface area contributed by atoms with Crippen molar-refractivity contribution in [2.75, 3.05) is 16.4 Å². The highest BCUT2D eigenvalue weighted by atomic mass is 19.1. The number of allylic oxidation sites excluding steroid dienone is 1. The number of urea groups is 1. The lowest BCUT2D eigenvalue weighted by atomic mass is 10.0. The van der Waals surface area contributed by atoms with E-state index in [9.17, 15) is 13.6 Å². The maximum Gasteiger partial charge on any atom is 0.323 e. The van der Waals surface area contributed by atoms with E-state index in [2.05, 4.69) is 25.6 Å². The van der Waals surface area contributed by atoms with Crippen molar-refractivity contribution in [2.24, 2.45) is 5.73 Å². The molecule has 0 spiro atoms. The van der Waals surface area contributed by atoms with E-state index in [1.807, 2.05) is 26.8 Å². The Hall–Kier alpha value is -4.34. The topological polar surface area (TPSA) is 133 Å². The summed E-state index contributed by atoms with van der Waals surface area (Å²) < 4.78 is 26.9. The van der Waals surface area contributed by atoms with Crippen molar-refractivity contribution >= 4 is 40.8 Å². The summed E-state index contributed by atoms with van der Waals surface area (Å²) in [6, 6.07) is 10.7. The zero-order chi connectivity index (χ0) is 24.9. The van der Waals surface area contributed by atoms with Gasteiger partial charge >= 0.3 is 6.03 Å². The summed E-state index contributed by atoms with van der Waals surface area (Å²) in [7, 11) is 0. The summed E-state index contributed by atoms with van der Waals surface area (Å²) in [6.07, 6.45) is 3.27. The van der Waals surface area contributed by atoms with Crippen LogP contribution in [0.4, 0.5) is 30.9 Å². The van der Waals surface area contributed by atoms with Crippen LogP contribution in [0.2, 0.25) is 0 Å². The number of nitrogens with two attached hydrogens (primary N) is 2. The number of anilines is 3. The molecule has 0 radical (unpaired) electrons. The van der Waals surface area contributed by atoms with Crippen LogP contribution >= 0.6 is 0 Å². The fraction of sp³-hybridized carbons (Fsp3) is 0.167. The van der Waals surface area contributed by atoms with Crippen LogP contribution in [0.5, 0.6) is 0 Å². The third-order valence-corrected chi connectivity index (χ3v) is 4.50. The molecule has 7 N–H and O–H groups in total. The number of carbonyl (C=O) groups is 1. The smallest absolute Gasteiger partial charge is 0.323 e. The zero-order valence-corrected chi connectivity index (χ0v) is 19.0. The van der Waals surface area contributed by atoms with Gasteiger partial charge in [-0.3, -0.25) is 0 Å². The zero-order valence-electron chi connectivity index (χ0n) is 19.0. The number of nitrogens with zero attached hydrogens (tertiary/aromatic N) is 2. The number of hydrogen-bond acceptors (Lipinski definition) is 5. The molecule has 0 bridgehead atoms. The Morgan fingerprint density at radius 1 is 1.09 bits per heavy atom. The molecule has 0 aliphatic carbocycles. The average Bonchev–Trinajstić information content (AvgIpc) is 2.75. The molecule has 8 nitrogen and oxygen atoms in total. The van der Waals surface area contributed by atoms with Gasteiger partial charge in [0.1, 0.15) is 11.6 Å². The molecule has 3 rings (SSSR count). The molecule has 10 heteroatoms. The first-order chi connectivity index (χ1) is 16.0. The van der Waals surface area contributed by atoms with Gasteiger partial charge in [0.15, 0.2) is 11.8 Å². The van der Waals surface area contributed by atoms with E-state index in [4.69, 9.17) is 11.5 Å². The number of hydrogen-bond donors (Lipinski definition) is 5. The van der Waals surface area contributed by atoms with Crippen LogP contribution in [0.25, 0.3) is 11.3 Å². The molecule has 1 heterocycles. The molecule has 3 aromatic rings. The van der Waals surface area contributed by atoms with Crippen molar-refractivity contribution in [3.05, 3.63) is 77.6 Å². The minimum atomic E-state index is -0.881. The van der Waals surface area contributed by atoms with E-state index in [0.717, 1.165) is 12.1 Å². The van der Waals surface area contributed by atoms with Gasteiger partial charge < -0.3 is 22.1 Å². The molecule has 0 unspecified atom stereocenters. The predicted octanol–water partition coefficient (Wildman–Crippen LogP) is 2.76. The second-order valence-electron chi connectivity index (χ2n) is 8.45. The number of aromatic nitrogens is 2. The fourth-order valence-corrected chi connectivity index (χ4v) is 2.91. The van der Waals surface area contributed by atoms with Crippen LogP contribution < -0.4 is 27.1 Å². The Balaban J connectivity index is 1.93. The van der Waals surface area contributed by atoms with Crippen LogP contribution in [0.3, 0.4) is 0 Å². The van der Waals surface area contributed by atoms with Crippen molar-refractivity contribution in [1.82, 2.24) is 9.97 Å². The summed E-state index contributed by atoms with van der Waals surface area (Å²) in [6.45, 7) is 5.99. The van der Waals surface area contributed by atoms with Gasteiger partial charge in [-0.05, 0) is 56.7 Å². The third kappa shape index (κ3) is 6.58. The number of amides is 2. The van der Waals surface area contributed by atoms with E-state index >= 15 is 0 Å². The third-order valence-electron chi connectivity index (χ3n) is 4.50. The van der Waals surface area contributed by atoms with Gasteiger partial charge in [-0.2, -0.15) is 0 Å². The highest BCUT2D eigenvalue weighted by Crippen LogP contribution is 2.23. The molecule has 0 saturated heterocycles. The first-order valence-electron chi connectivity index (χ1n) is 10.3. The van der Waals surface area contributed by atoms with Gasteiger partial charge in [0.25, 0.3) is 0 Å². The van der Waals surface area contributed by atoms with E-state index in [-0.39, 0.29) is 17.2 Å². The van der Waals surface area contributed by atoms with Crippen LogP contribution in [-0.4, -0.2) is 27.8 Å². The van der Waals surface area contributed by atoms with Crippen LogP contribution in [0.15, 0.2) is 54.7 Å². The molecular weight excluding hydrogens is 440 g/mol. The predicted molar refractivity (Wildman–Crippen MR) is 130 cm³/mol. The standard InChI is InChI=1S/C24H25F2N7O/c1-24(2,3)30-13-17(21(27)20-9-10-29-22(28)32-20)14-5-4-6-16(11-14)31-23(34)33-19-8-7-15(25)12-18(19)26/h4-13H,27H2,1-3H3,(H2,28,29,32)(H2,31,33,34)/p+1. The summed E-state index contributed by atoms with van der Waals surface area (Å²) >= 11 is 0. The fourth-order valence-electron chi connectivity index (χ4n) is 2.91. The van der Waals surface area contributed by atoms with E-state index in [0.29, 0.717) is 34.3 Å². The Kier molecular flexibility index (Phi) is 7.20. The van der Waals surface area contributed by atoms with Gasteiger partial charge in [0.2, 0.25) is 5.95 Å². The minimum Gasteiger partial charge on any atom is -0.396 e. The Bertz CT molecular complexity index is 1270. The van der Waals surface area contributed by atoms with Crippen LogP contribution in [0.1, 0.15) is 32.0 Å². The molecule has 0 fully saturated rings. The summed E-state index contributed by atoms with van der Waals surface area (Å²) in [5.74, 6) is -1.53. The highest BCUT2D eigenvalue weighted by molar-refractivity contribution is 6.17. The number of nitrogens with one attached hydrogen (secondary N) is 3. The van der Waals surface area contributed by atoms with E-state index in [1.54, 1.807) is 30.5 Å². The highest BCUT2D eigenvalue weighted by Gasteiger charge is 2.17.